The lowest BCUT2D eigenvalue weighted by Crippen LogP contribution is -2.52. The Morgan fingerprint density at radius 2 is 1.73 bits per heavy atom. The Morgan fingerprint density at radius 1 is 1.03 bits per heavy atom. The van der Waals surface area contributed by atoms with Crippen molar-refractivity contribution >= 4 is 5.91 Å². The van der Waals surface area contributed by atoms with E-state index in [-0.39, 0.29) is 24.5 Å². The minimum atomic E-state index is -0.762. The van der Waals surface area contributed by atoms with Gasteiger partial charge in [0.25, 0.3) is 0 Å². The van der Waals surface area contributed by atoms with Crippen LogP contribution < -0.4 is 5.32 Å². The van der Waals surface area contributed by atoms with E-state index in [0.29, 0.717) is 12.5 Å². The first-order valence-electron chi connectivity index (χ1n) is 10.7. The number of carbonyl (C=O) groups excluding carboxylic acids is 1. The standard InChI is InChI=1S/C23H33NO6/c1-13(2)15-9-7-14(8-10-15)11-17(25)24-18-19(16-12-26-22(3,4)28-16)27-21-20(18)29-23(5,6)30-21/h7-10,13,16,18-21H,11-12H2,1-6H3,(H,24,25)/t16?,18-,19-,20-,21-/m1/s1. The summed E-state index contributed by atoms with van der Waals surface area (Å²) in [5, 5.41) is 3.12. The van der Waals surface area contributed by atoms with E-state index in [9.17, 15) is 4.79 Å². The van der Waals surface area contributed by atoms with Crippen LogP contribution in [-0.4, -0.2) is 54.7 Å². The largest absolute Gasteiger partial charge is 0.348 e. The third-order valence-corrected chi connectivity index (χ3v) is 5.82. The molecule has 0 aromatic heterocycles. The number of amides is 1. The molecule has 0 saturated carbocycles. The second kappa shape index (κ2) is 7.88. The summed E-state index contributed by atoms with van der Waals surface area (Å²) in [7, 11) is 0. The van der Waals surface area contributed by atoms with Gasteiger partial charge in [0.05, 0.1) is 19.1 Å². The minimum absolute atomic E-state index is 0.0852. The lowest BCUT2D eigenvalue weighted by Gasteiger charge is -2.29. The summed E-state index contributed by atoms with van der Waals surface area (Å²) in [6, 6.07) is 7.78. The van der Waals surface area contributed by atoms with Crippen molar-refractivity contribution in [3.05, 3.63) is 35.4 Å². The molecule has 3 heterocycles. The van der Waals surface area contributed by atoms with Crippen molar-refractivity contribution in [3.8, 4) is 0 Å². The summed E-state index contributed by atoms with van der Waals surface area (Å²) >= 11 is 0. The van der Waals surface area contributed by atoms with Gasteiger partial charge in [-0.1, -0.05) is 38.1 Å². The van der Waals surface area contributed by atoms with E-state index < -0.39 is 30.1 Å². The zero-order valence-corrected chi connectivity index (χ0v) is 18.6. The monoisotopic (exact) mass is 419 g/mol. The second-order valence-corrected chi connectivity index (χ2v) is 9.60. The van der Waals surface area contributed by atoms with E-state index in [0.717, 1.165) is 5.56 Å². The fourth-order valence-corrected chi connectivity index (χ4v) is 4.34. The molecule has 1 aromatic rings. The quantitative estimate of drug-likeness (QED) is 0.791. The maximum absolute atomic E-state index is 12.9. The van der Waals surface area contributed by atoms with Gasteiger partial charge in [-0.3, -0.25) is 4.79 Å². The molecule has 1 unspecified atom stereocenters. The van der Waals surface area contributed by atoms with Crippen LogP contribution in [0.25, 0.3) is 0 Å². The van der Waals surface area contributed by atoms with Crippen molar-refractivity contribution in [1.29, 1.82) is 0 Å². The summed E-state index contributed by atoms with van der Waals surface area (Å²) in [4.78, 5) is 12.9. The van der Waals surface area contributed by atoms with Gasteiger partial charge in [-0.15, -0.1) is 0 Å². The van der Waals surface area contributed by atoms with Crippen LogP contribution in [0.3, 0.4) is 0 Å². The van der Waals surface area contributed by atoms with Crippen molar-refractivity contribution in [2.45, 2.75) is 96.1 Å². The molecule has 0 aliphatic carbocycles. The molecule has 7 heteroatoms. The first-order valence-corrected chi connectivity index (χ1v) is 10.7. The second-order valence-electron chi connectivity index (χ2n) is 9.60. The smallest absolute Gasteiger partial charge is 0.224 e. The molecule has 3 fully saturated rings. The Balaban J connectivity index is 1.46. The molecule has 0 spiro atoms. The molecular formula is C23H33NO6. The molecule has 3 saturated heterocycles. The Kier molecular flexibility index (Phi) is 5.70. The first kappa shape index (κ1) is 21.7. The number of rotatable bonds is 5. The highest BCUT2D eigenvalue weighted by molar-refractivity contribution is 5.79. The van der Waals surface area contributed by atoms with Gasteiger partial charge in [-0.05, 0) is 44.7 Å². The van der Waals surface area contributed by atoms with E-state index in [1.807, 2.05) is 39.8 Å². The predicted octanol–water partition coefficient (Wildman–Crippen LogP) is 2.87. The molecule has 1 N–H and O–H groups in total. The van der Waals surface area contributed by atoms with Crippen LogP contribution in [-0.2, 0) is 34.9 Å². The fraction of sp³-hybridized carbons (Fsp3) is 0.696. The number of hydrogen-bond donors (Lipinski definition) is 1. The normalized spacial score (nSPS) is 34.3. The Morgan fingerprint density at radius 3 is 2.33 bits per heavy atom. The molecule has 1 aromatic carbocycles. The van der Waals surface area contributed by atoms with E-state index in [1.165, 1.54) is 5.56 Å². The average Bonchev–Trinajstić information content (AvgIpc) is 3.25. The Labute approximate surface area is 178 Å². The van der Waals surface area contributed by atoms with Gasteiger partial charge in [0, 0.05) is 0 Å². The van der Waals surface area contributed by atoms with E-state index in [1.54, 1.807) is 0 Å². The molecule has 166 valence electrons. The van der Waals surface area contributed by atoms with E-state index >= 15 is 0 Å². The summed E-state index contributed by atoms with van der Waals surface area (Å²) in [6.45, 7) is 12.1. The Bertz CT molecular complexity index is 774. The first-order chi connectivity index (χ1) is 14.0. The van der Waals surface area contributed by atoms with Gasteiger partial charge in [0.2, 0.25) is 5.91 Å². The van der Waals surface area contributed by atoms with Gasteiger partial charge < -0.3 is 29.0 Å². The van der Waals surface area contributed by atoms with Gasteiger partial charge >= 0.3 is 0 Å². The zero-order chi connectivity index (χ0) is 21.7. The molecule has 7 nitrogen and oxygen atoms in total. The van der Waals surface area contributed by atoms with Crippen LogP contribution in [0.15, 0.2) is 24.3 Å². The highest BCUT2D eigenvalue weighted by Gasteiger charge is 2.58. The van der Waals surface area contributed by atoms with Crippen molar-refractivity contribution in [2.75, 3.05) is 6.61 Å². The SMILES string of the molecule is CC(C)c1ccc(CC(=O)N[C@H]2[C@H]3OC(C)(C)O[C@H]3O[C@@H]2C2COC(C)(C)O2)cc1. The van der Waals surface area contributed by atoms with E-state index in [4.69, 9.17) is 23.7 Å². The van der Waals surface area contributed by atoms with Crippen LogP contribution >= 0.6 is 0 Å². The summed E-state index contributed by atoms with van der Waals surface area (Å²) in [5.74, 6) is -1.07. The maximum Gasteiger partial charge on any atom is 0.224 e. The van der Waals surface area contributed by atoms with Crippen LogP contribution in [0.4, 0.5) is 0 Å². The van der Waals surface area contributed by atoms with Gasteiger partial charge in [-0.25, -0.2) is 0 Å². The average molecular weight is 420 g/mol. The molecular weight excluding hydrogens is 386 g/mol. The zero-order valence-electron chi connectivity index (χ0n) is 18.6. The number of nitrogens with one attached hydrogen (secondary N) is 1. The van der Waals surface area contributed by atoms with Gasteiger partial charge in [0.1, 0.15) is 18.3 Å². The molecule has 0 radical (unpaired) electrons. The van der Waals surface area contributed by atoms with E-state index in [2.05, 4.69) is 31.3 Å². The van der Waals surface area contributed by atoms with Crippen LogP contribution in [0, 0.1) is 0 Å². The fourth-order valence-electron chi connectivity index (χ4n) is 4.34. The minimum Gasteiger partial charge on any atom is -0.348 e. The molecule has 3 aliphatic rings. The number of carbonyl (C=O) groups is 1. The number of hydrogen-bond acceptors (Lipinski definition) is 6. The van der Waals surface area contributed by atoms with Crippen LogP contribution in [0.1, 0.15) is 58.6 Å². The highest BCUT2D eigenvalue weighted by Crippen LogP contribution is 2.40. The summed E-state index contributed by atoms with van der Waals surface area (Å²) in [6.07, 6.45) is -1.38. The summed E-state index contributed by atoms with van der Waals surface area (Å²) in [5.41, 5.74) is 2.22. The molecule has 0 bridgehead atoms. The predicted molar refractivity (Wildman–Crippen MR) is 110 cm³/mol. The van der Waals surface area contributed by atoms with Crippen LogP contribution in [0.2, 0.25) is 0 Å². The maximum atomic E-state index is 12.9. The van der Waals surface area contributed by atoms with Gasteiger partial charge in [-0.2, -0.15) is 0 Å². The van der Waals surface area contributed by atoms with Crippen molar-refractivity contribution in [1.82, 2.24) is 5.32 Å². The lowest BCUT2D eigenvalue weighted by atomic mass is 10.00. The number of ether oxygens (including phenoxy) is 5. The third-order valence-electron chi connectivity index (χ3n) is 5.82. The third kappa shape index (κ3) is 4.55. The molecule has 4 rings (SSSR count). The molecule has 1 amide bonds. The Hall–Kier alpha value is -1.51. The summed E-state index contributed by atoms with van der Waals surface area (Å²) < 4.78 is 29.8. The molecule has 3 aliphatic heterocycles. The van der Waals surface area contributed by atoms with Crippen LogP contribution in [0.5, 0.6) is 0 Å². The van der Waals surface area contributed by atoms with Gasteiger partial charge in [0.15, 0.2) is 17.9 Å². The lowest BCUT2D eigenvalue weighted by molar-refractivity contribution is -0.223. The molecule has 30 heavy (non-hydrogen) atoms. The van der Waals surface area contributed by atoms with Crippen molar-refractivity contribution < 1.29 is 28.5 Å². The van der Waals surface area contributed by atoms with Crippen molar-refractivity contribution in [2.24, 2.45) is 0 Å². The highest BCUT2D eigenvalue weighted by atomic mass is 16.8. The molecule has 5 atom stereocenters. The number of benzene rings is 1. The number of fused-ring (bicyclic) bond motifs is 1. The van der Waals surface area contributed by atoms with Crippen molar-refractivity contribution in [3.63, 3.8) is 0 Å². The topological polar surface area (TPSA) is 75.3 Å².